The summed E-state index contributed by atoms with van der Waals surface area (Å²) < 4.78 is 36.4. The zero-order valence-corrected chi connectivity index (χ0v) is 21.4. The van der Waals surface area contributed by atoms with Crippen molar-refractivity contribution in [2.75, 3.05) is 0 Å². The number of alkyl halides is 2. The quantitative estimate of drug-likeness (QED) is 0.429. The molecule has 2 saturated carbocycles. The van der Waals surface area contributed by atoms with Crippen LogP contribution in [-0.2, 0) is 9.53 Å². The molecule has 5 rings (SSSR count). The SMILES string of the molecule is C[C@H]1OC(=O)[C@]2(NC(=S)NC3CC3)CC(F)(F)[C@@H](C)[C@H](/C=C/c3ccc(-c4ccccc4C#N)cn3)[C@H]12. The van der Waals surface area contributed by atoms with Gasteiger partial charge in [0.2, 0.25) is 0 Å². The molecule has 2 N–H and O–H groups in total. The van der Waals surface area contributed by atoms with Crippen LogP contribution >= 0.6 is 12.2 Å². The summed E-state index contributed by atoms with van der Waals surface area (Å²) in [6.07, 6.45) is 5.79. The molecule has 0 bridgehead atoms. The number of cyclic esters (lactones) is 1. The lowest BCUT2D eigenvalue weighted by Crippen LogP contribution is -2.67. The van der Waals surface area contributed by atoms with Gasteiger partial charge in [0, 0.05) is 41.6 Å². The number of rotatable bonds is 5. The molecule has 1 aliphatic heterocycles. The third kappa shape index (κ3) is 4.71. The Labute approximate surface area is 220 Å². The third-order valence-corrected chi connectivity index (χ3v) is 8.01. The highest BCUT2D eigenvalue weighted by atomic mass is 32.1. The number of benzene rings is 1. The Bertz CT molecular complexity index is 1290. The summed E-state index contributed by atoms with van der Waals surface area (Å²) in [4.78, 5) is 17.5. The fourth-order valence-corrected chi connectivity index (χ4v) is 6.01. The van der Waals surface area contributed by atoms with Crippen LogP contribution in [0.15, 0.2) is 48.7 Å². The first-order valence-electron chi connectivity index (χ1n) is 12.5. The van der Waals surface area contributed by atoms with Gasteiger partial charge in [-0.2, -0.15) is 5.26 Å². The maximum atomic E-state index is 15.4. The molecule has 1 saturated heterocycles. The number of carbonyl (C=O) groups excluding carboxylic acids is 1. The molecule has 2 aromatic rings. The van der Waals surface area contributed by atoms with Crippen molar-refractivity contribution >= 4 is 29.4 Å². The summed E-state index contributed by atoms with van der Waals surface area (Å²) >= 11 is 5.39. The van der Waals surface area contributed by atoms with Gasteiger partial charge in [-0.25, -0.2) is 13.6 Å². The highest BCUT2D eigenvalue weighted by Crippen LogP contribution is 2.55. The molecule has 3 aliphatic rings. The molecule has 5 atom stereocenters. The van der Waals surface area contributed by atoms with Crippen LogP contribution in [0.4, 0.5) is 8.78 Å². The summed E-state index contributed by atoms with van der Waals surface area (Å²) in [5.74, 6) is -6.02. The van der Waals surface area contributed by atoms with Gasteiger partial charge in [-0.3, -0.25) is 4.98 Å². The van der Waals surface area contributed by atoms with Gasteiger partial charge in [0.25, 0.3) is 5.92 Å². The molecule has 9 heteroatoms. The Hall–Kier alpha value is -3.38. The predicted molar refractivity (Wildman–Crippen MR) is 139 cm³/mol. The van der Waals surface area contributed by atoms with Gasteiger partial charge in [-0.1, -0.05) is 37.3 Å². The van der Waals surface area contributed by atoms with Crippen LogP contribution in [0.1, 0.15) is 44.4 Å². The van der Waals surface area contributed by atoms with Crippen molar-refractivity contribution in [2.45, 2.75) is 56.7 Å². The maximum absolute atomic E-state index is 15.4. The minimum Gasteiger partial charge on any atom is -0.460 e. The molecule has 6 nitrogen and oxygen atoms in total. The van der Waals surface area contributed by atoms with E-state index < -0.39 is 47.7 Å². The minimum absolute atomic E-state index is 0.210. The maximum Gasteiger partial charge on any atom is 0.332 e. The number of aromatic nitrogens is 1. The van der Waals surface area contributed by atoms with Crippen molar-refractivity contribution in [3.05, 3.63) is 59.9 Å². The smallest absolute Gasteiger partial charge is 0.332 e. The average molecular weight is 523 g/mol. The standard InChI is InChI=1S/C28H28F2N4O2S/c1-16-22(12-11-20-8-7-19(14-32-20)23-6-4-3-5-18(23)13-31)24-17(2)36-25(35)27(24,15-28(16,29)30)34-26(37)33-21-9-10-21/h3-8,11-12,14,16-17,21-22,24H,9-10,15H2,1-2H3,(H2,33,34,37)/b12-11+/t16-,17+,22-,24-,27-/m0/s1. The summed E-state index contributed by atoms with van der Waals surface area (Å²) in [6, 6.07) is 13.3. The van der Waals surface area contributed by atoms with Crippen LogP contribution in [0.3, 0.4) is 0 Å². The second-order valence-electron chi connectivity index (χ2n) is 10.3. The summed E-state index contributed by atoms with van der Waals surface area (Å²) in [6.45, 7) is 3.27. The molecular weight excluding hydrogens is 494 g/mol. The number of pyridine rings is 1. The van der Waals surface area contributed by atoms with Crippen molar-refractivity contribution in [3.63, 3.8) is 0 Å². The minimum atomic E-state index is -3.12. The molecule has 37 heavy (non-hydrogen) atoms. The Morgan fingerprint density at radius 1 is 1.24 bits per heavy atom. The van der Waals surface area contributed by atoms with E-state index in [1.165, 1.54) is 6.92 Å². The highest BCUT2D eigenvalue weighted by molar-refractivity contribution is 7.80. The Morgan fingerprint density at radius 3 is 2.68 bits per heavy atom. The molecule has 0 spiro atoms. The Kier molecular flexibility index (Phi) is 6.48. The van der Waals surface area contributed by atoms with Gasteiger partial charge in [-0.15, -0.1) is 0 Å². The fourth-order valence-electron chi connectivity index (χ4n) is 5.66. The predicted octanol–water partition coefficient (Wildman–Crippen LogP) is 4.85. The molecule has 2 heterocycles. The van der Waals surface area contributed by atoms with Crippen LogP contribution in [0.2, 0.25) is 0 Å². The molecule has 0 unspecified atom stereocenters. The molecule has 2 aliphatic carbocycles. The van der Waals surface area contributed by atoms with E-state index in [-0.39, 0.29) is 11.2 Å². The molecule has 1 aromatic heterocycles. The van der Waals surface area contributed by atoms with Crippen molar-refractivity contribution in [1.82, 2.24) is 15.6 Å². The number of carbonyl (C=O) groups is 1. The van der Waals surface area contributed by atoms with Crippen molar-refractivity contribution in [3.8, 4) is 17.2 Å². The number of hydrogen-bond donors (Lipinski definition) is 2. The number of nitrogens with zero attached hydrogens (tertiary/aromatic N) is 2. The van der Waals surface area contributed by atoms with E-state index in [4.69, 9.17) is 17.0 Å². The Balaban J connectivity index is 1.43. The summed E-state index contributed by atoms with van der Waals surface area (Å²) in [7, 11) is 0. The van der Waals surface area contributed by atoms with E-state index >= 15 is 8.78 Å². The first kappa shape index (κ1) is 25.3. The number of fused-ring (bicyclic) bond motifs is 1. The van der Waals surface area contributed by atoms with Crippen molar-refractivity contribution in [1.29, 1.82) is 5.26 Å². The van der Waals surface area contributed by atoms with Gasteiger partial charge in [-0.05, 0) is 56.1 Å². The molecule has 0 radical (unpaired) electrons. The van der Waals surface area contributed by atoms with Crippen LogP contribution in [-0.4, -0.2) is 39.7 Å². The fraction of sp³-hybridized carbons (Fsp3) is 0.429. The number of halogens is 2. The average Bonchev–Trinajstić information content (AvgIpc) is 3.65. The first-order chi connectivity index (χ1) is 17.6. The second kappa shape index (κ2) is 9.49. The van der Waals surface area contributed by atoms with Crippen LogP contribution in [0.25, 0.3) is 17.2 Å². The van der Waals surface area contributed by atoms with E-state index in [2.05, 4.69) is 21.7 Å². The summed E-state index contributed by atoms with van der Waals surface area (Å²) in [5, 5.41) is 15.7. The normalized spacial score (nSPS) is 30.3. The molecule has 1 aromatic carbocycles. The number of esters is 1. The highest BCUT2D eigenvalue weighted by Gasteiger charge is 2.68. The number of hydrogen-bond acceptors (Lipinski definition) is 5. The van der Waals surface area contributed by atoms with E-state index in [1.54, 1.807) is 43.5 Å². The topological polar surface area (TPSA) is 87.0 Å². The van der Waals surface area contributed by atoms with Gasteiger partial charge >= 0.3 is 5.97 Å². The zero-order valence-electron chi connectivity index (χ0n) is 20.6. The molecule has 192 valence electrons. The molecular formula is C28H28F2N4O2S. The van der Waals surface area contributed by atoms with Gasteiger partial charge in [0.15, 0.2) is 5.11 Å². The first-order valence-corrected chi connectivity index (χ1v) is 12.9. The Morgan fingerprint density at radius 2 is 2.00 bits per heavy atom. The third-order valence-electron chi connectivity index (χ3n) is 7.79. The van der Waals surface area contributed by atoms with Gasteiger partial charge in [0.1, 0.15) is 11.6 Å². The lowest BCUT2D eigenvalue weighted by molar-refractivity contribution is -0.157. The van der Waals surface area contributed by atoms with Gasteiger partial charge < -0.3 is 15.4 Å². The van der Waals surface area contributed by atoms with E-state index in [0.29, 0.717) is 11.3 Å². The van der Waals surface area contributed by atoms with E-state index in [9.17, 15) is 10.1 Å². The number of nitriles is 1. The van der Waals surface area contributed by atoms with Crippen LogP contribution < -0.4 is 10.6 Å². The van der Waals surface area contributed by atoms with Crippen LogP contribution in [0.5, 0.6) is 0 Å². The van der Waals surface area contributed by atoms with Crippen LogP contribution in [0, 0.1) is 29.1 Å². The number of ether oxygens (including phenoxy) is 1. The molecule has 0 amide bonds. The summed E-state index contributed by atoms with van der Waals surface area (Å²) in [5.41, 5.74) is 1.08. The van der Waals surface area contributed by atoms with E-state index in [1.807, 2.05) is 18.2 Å². The lowest BCUT2D eigenvalue weighted by atomic mass is 9.60. The number of nitrogens with one attached hydrogen (secondary N) is 2. The number of allylic oxidation sites excluding steroid dienone is 1. The largest absolute Gasteiger partial charge is 0.460 e. The van der Waals surface area contributed by atoms with Crippen molar-refractivity contribution in [2.24, 2.45) is 17.8 Å². The second-order valence-corrected chi connectivity index (χ2v) is 10.7. The number of thiocarbonyl (C=S) groups is 1. The zero-order chi connectivity index (χ0) is 26.4. The monoisotopic (exact) mass is 522 g/mol. The molecule has 3 fully saturated rings. The van der Waals surface area contributed by atoms with Gasteiger partial charge in [0.05, 0.1) is 17.3 Å². The lowest BCUT2D eigenvalue weighted by Gasteiger charge is -2.48. The van der Waals surface area contributed by atoms with Crippen molar-refractivity contribution < 1.29 is 18.3 Å². The van der Waals surface area contributed by atoms with E-state index in [0.717, 1.165) is 24.0 Å².